The van der Waals surface area contributed by atoms with Crippen molar-refractivity contribution in [1.82, 2.24) is 9.88 Å². The molecule has 1 aliphatic heterocycles. The van der Waals surface area contributed by atoms with Gasteiger partial charge in [-0.05, 0) is 50.2 Å². The number of aromatic amines is 1. The molecule has 1 unspecified atom stereocenters. The number of nitrogens with zero attached hydrogens (tertiary/aromatic N) is 1. The summed E-state index contributed by atoms with van der Waals surface area (Å²) in [6.07, 6.45) is 6.13. The summed E-state index contributed by atoms with van der Waals surface area (Å²) in [6, 6.07) is 7.04. The number of benzene rings is 1. The van der Waals surface area contributed by atoms with E-state index < -0.39 is 0 Å². The van der Waals surface area contributed by atoms with Gasteiger partial charge >= 0.3 is 0 Å². The van der Waals surface area contributed by atoms with Gasteiger partial charge in [-0.15, -0.1) is 0 Å². The van der Waals surface area contributed by atoms with Gasteiger partial charge in [-0.2, -0.15) is 0 Å². The number of piperidine rings is 1. The van der Waals surface area contributed by atoms with Crippen molar-refractivity contribution in [3.05, 3.63) is 34.4 Å². The third-order valence-corrected chi connectivity index (χ3v) is 4.30. The Bertz CT molecular complexity index is 532. The molecule has 0 saturated carbocycles. The summed E-state index contributed by atoms with van der Waals surface area (Å²) in [7, 11) is 2.24. The maximum absolute atomic E-state index is 3.56. The van der Waals surface area contributed by atoms with E-state index in [4.69, 9.17) is 0 Å². The molecule has 1 atom stereocenters. The lowest BCUT2D eigenvalue weighted by Gasteiger charge is -2.32. The summed E-state index contributed by atoms with van der Waals surface area (Å²) in [4.78, 5) is 5.86. The van der Waals surface area contributed by atoms with Gasteiger partial charge in [-0.25, -0.2) is 0 Å². The van der Waals surface area contributed by atoms with Crippen LogP contribution in [0.2, 0.25) is 0 Å². The zero-order chi connectivity index (χ0) is 11.8. The minimum atomic E-state index is 0.576. The quantitative estimate of drug-likeness (QED) is 0.839. The van der Waals surface area contributed by atoms with Crippen LogP contribution in [0.3, 0.4) is 0 Å². The Kier molecular flexibility index (Phi) is 2.97. The summed E-state index contributed by atoms with van der Waals surface area (Å²) < 4.78 is 1.16. The number of aromatic nitrogens is 1. The molecule has 1 saturated heterocycles. The van der Waals surface area contributed by atoms with Crippen LogP contribution in [-0.4, -0.2) is 23.5 Å². The summed E-state index contributed by atoms with van der Waals surface area (Å²) in [6.45, 7) is 1.21. The first-order valence-electron chi connectivity index (χ1n) is 6.22. The number of hydrogen-bond donors (Lipinski definition) is 1. The van der Waals surface area contributed by atoms with Crippen molar-refractivity contribution >= 4 is 26.8 Å². The number of fused-ring (bicyclic) bond motifs is 1. The normalized spacial score (nSPS) is 22.1. The second-order valence-electron chi connectivity index (χ2n) is 4.93. The summed E-state index contributed by atoms with van der Waals surface area (Å²) in [5.41, 5.74) is 2.69. The number of nitrogens with one attached hydrogen (secondary N) is 1. The highest BCUT2D eigenvalue weighted by atomic mass is 79.9. The summed E-state index contributed by atoms with van der Waals surface area (Å²) in [5, 5.41) is 1.36. The van der Waals surface area contributed by atoms with Crippen LogP contribution in [-0.2, 0) is 0 Å². The van der Waals surface area contributed by atoms with E-state index in [1.54, 1.807) is 0 Å². The maximum atomic E-state index is 3.56. The molecule has 0 spiro atoms. The lowest BCUT2D eigenvalue weighted by atomic mass is 9.95. The molecular weight excluding hydrogens is 276 g/mol. The average Bonchev–Trinajstić information content (AvgIpc) is 2.72. The largest absolute Gasteiger partial charge is 0.361 e. The molecule has 90 valence electrons. The van der Waals surface area contributed by atoms with Crippen molar-refractivity contribution < 1.29 is 0 Å². The van der Waals surface area contributed by atoms with Crippen molar-refractivity contribution in [2.45, 2.75) is 25.3 Å². The molecule has 1 aromatic carbocycles. The van der Waals surface area contributed by atoms with Gasteiger partial charge in [0.2, 0.25) is 0 Å². The number of likely N-dealkylation sites (tertiary alicyclic amines) is 1. The average molecular weight is 293 g/mol. The van der Waals surface area contributed by atoms with Crippen LogP contribution in [0, 0.1) is 0 Å². The molecule has 0 bridgehead atoms. The predicted molar refractivity (Wildman–Crippen MR) is 75.2 cm³/mol. The molecule has 17 heavy (non-hydrogen) atoms. The van der Waals surface area contributed by atoms with Crippen LogP contribution in [0.5, 0.6) is 0 Å². The van der Waals surface area contributed by atoms with Crippen LogP contribution in [0.1, 0.15) is 30.9 Å². The number of hydrogen-bond acceptors (Lipinski definition) is 1. The topological polar surface area (TPSA) is 19.0 Å². The lowest BCUT2D eigenvalue weighted by Crippen LogP contribution is -2.29. The Morgan fingerprint density at radius 2 is 2.24 bits per heavy atom. The highest BCUT2D eigenvalue weighted by molar-refractivity contribution is 9.10. The molecule has 3 rings (SSSR count). The molecule has 2 aromatic rings. The Balaban J connectivity index is 2.07. The van der Waals surface area contributed by atoms with Gasteiger partial charge < -0.3 is 4.98 Å². The van der Waals surface area contributed by atoms with Crippen molar-refractivity contribution in [3.8, 4) is 0 Å². The number of H-pyrrole nitrogens is 1. The van der Waals surface area contributed by atoms with E-state index in [-0.39, 0.29) is 0 Å². The number of halogens is 1. The second kappa shape index (κ2) is 4.46. The molecule has 1 fully saturated rings. The highest BCUT2D eigenvalue weighted by Gasteiger charge is 2.23. The molecule has 0 aliphatic carbocycles. The second-order valence-corrected chi connectivity index (χ2v) is 5.84. The molecule has 1 N–H and O–H groups in total. The maximum Gasteiger partial charge on any atom is 0.0458 e. The molecule has 2 heterocycles. The van der Waals surface area contributed by atoms with Crippen molar-refractivity contribution in [2.75, 3.05) is 13.6 Å². The standard InChI is InChI=1S/C14H17BrN2/c1-17-7-3-2-4-14(17)12-9-16-13-6-5-10(15)8-11(12)13/h5-6,8-9,14,16H,2-4,7H2,1H3. The molecule has 1 aliphatic rings. The Labute approximate surface area is 110 Å². The molecular formula is C14H17BrN2. The SMILES string of the molecule is CN1CCCCC1c1c[nH]c2ccc(Br)cc12. The van der Waals surface area contributed by atoms with Crippen molar-refractivity contribution in [1.29, 1.82) is 0 Å². The van der Waals surface area contributed by atoms with E-state index in [1.165, 1.54) is 42.3 Å². The van der Waals surface area contributed by atoms with Crippen LogP contribution >= 0.6 is 15.9 Å². The van der Waals surface area contributed by atoms with Gasteiger partial charge in [-0.1, -0.05) is 22.4 Å². The number of rotatable bonds is 1. The van der Waals surface area contributed by atoms with Gasteiger partial charge in [0.05, 0.1) is 0 Å². The first-order valence-corrected chi connectivity index (χ1v) is 7.02. The smallest absolute Gasteiger partial charge is 0.0458 e. The Morgan fingerprint density at radius 1 is 1.35 bits per heavy atom. The van der Waals surface area contributed by atoms with E-state index in [0.29, 0.717) is 6.04 Å². The fourth-order valence-electron chi connectivity index (χ4n) is 2.86. The van der Waals surface area contributed by atoms with Crippen molar-refractivity contribution in [2.24, 2.45) is 0 Å². The minimum Gasteiger partial charge on any atom is -0.361 e. The van der Waals surface area contributed by atoms with E-state index in [9.17, 15) is 0 Å². The van der Waals surface area contributed by atoms with Crippen LogP contribution in [0.25, 0.3) is 10.9 Å². The third-order valence-electron chi connectivity index (χ3n) is 3.81. The molecule has 3 heteroatoms. The van der Waals surface area contributed by atoms with Crippen LogP contribution in [0.4, 0.5) is 0 Å². The van der Waals surface area contributed by atoms with E-state index >= 15 is 0 Å². The molecule has 0 radical (unpaired) electrons. The third kappa shape index (κ3) is 2.02. The van der Waals surface area contributed by atoms with Gasteiger partial charge in [0, 0.05) is 27.6 Å². The van der Waals surface area contributed by atoms with E-state index in [2.05, 4.69) is 57.3 Å². The summed E-state index contributed by atoms with van der Waals surface area (Å²) in [5.74, 6) is 0. The van der Waals surface area contributed by atoms with Crippen molar-refractivity contribution in [3.63, 3.8) is 0 Å². The molecule has 2 nitrogen and oxygen atoms in total. The van der Waals surface area contributed by atoms with Crippen LogP contribution in [0.15, 0.2) is 28.9 Å². The van der Waals surface area contributed by atoms with Crippen LogP contribution < -0.4 is 0 Å². The van der Waals surface area contributed by atoms with E-state index in [1.807, 2.05) is 0 Å². The zero-order valence-corrected chi connectivity index (χ0v) is 11.6. The molecule has 1 aromatic heterocycles. The predicted octanol–water partition coefficient (Wildman–Crippen LogP) is 4.09. The van der Waals surface area contributed by atoms with Gasteiger partial charge in [0.1, 0.15) is 0 Å². The molecule has 0 amide bonds. The van der Waals surface area contributed by atoms with Gasteiger partial charge in [0.15, 0.2) is 0 Å². The fourth-order valence-corrected chi connectivity index (χ4v) is 3.22. The first kappa shape index (κ1) is 11.3. The summed E-state index contributed by atoms with van der Waals surface area (Å²) >= 11 is 3.56. The first-order chi connectivity index (χ1) is 8.25. The fraction of sp³-hybridized carbons (Fsp3) is 0.429. The van der Waals surface area contributed by atoms with Gasteiger partial charge in [0.25, 0.3) is 0 Å². The van der Waals surface area contributed by atoms with E-state index in [0.717, 1.165) is 4.47 Å². The van der Waals surface area contributed by atoms with Gasteiger partial charge in [-0.3, -0.25) is 4.90 Å². The highest BCUT2D eigenvalue weighted by Crippen LogP contribution is 2.34. The Morgan fingerprint density at radius 3 is 3.06 bits per heavy atom. The zero-order valence-electron chi connectivity index (χ0n) is 10.0. The Hall–Kier alpha value is -0.800. The minimum absolute atomic E-state index is 0.576. The lowest BCUT2D eigenvalue weighted by molar-refractivity contribution is 0.188. The monoisotopic (exact) mass is 292 g/mol.